The maximum Gasteiger partial charge on any atom is 0.0621 e. The number of nitrogens with zero attached hydrogens (tertiary/aromatic N) is 2. The van der Waals surface area contributed by atoms with Crippen molar-refractivity contribution in [1.82, 2.24) is 10.2 Å². The van der Waals surface area contributed by atoms with Gasteiger partial charge in [-0.2, -0.15) is 5.26 Å². The average Bonchev–Trinajstić information content (AvgIpc) is 2.78. The number of likely N-dealkylation sites (tertiary alicyclic amines) is 1. The Morgan fingerprint density at radius 2 is 2.19 bits per heavy atom. The molecule has 1 N–H and O–H groups in total. The molecule has 0 aliphatic carbocycles. The van der Waals surface area contributed by atoms with E-state index < -0.39 is 0 Å². The zero-order valence-electron chi connectivity index (χ0n) is 10.5. The molecule has 2 rings (SSSR count). The third kappa shape index (κ3) is 2.09. The normalized spacial score (nSPS) is 32.6. The first-order valence-electron chi connectivity index (χ1n) is 6.49. The monoisotopic (exact) mass is 221 g/mol. The first-order chi connectivity index (χ1) is 7.66. The van der Waals surface area contributed by atoms with Crippen LogP contribution in [-0.4, -0.2) is 36.6 Å². The van der Waals surface area contributed by atoms with Gasteiger partial charge in [0.25, 0.3) is 0 Å². The van der Waals surface area contributed by atoms with Crippen LogP contribution >= 0.6 is 0 Å². The van der Waals surface area contributed by atoms with Gasteiger partial charge in [-0.15, -0.1) is 0 Å². The summed E-state index contributed by atoms with van der Waals surface area (Å²) in [5, 5.41) is 12.0. The number of hydrogen-bond acceptors (Lipinski definition) is 3. The maximum absolute atomic E-state index is 8.52. The van der Waals surface area contributed by atoms with Crippen molar-refractivity contribution < 1.29 is 0 Å². The van der Waals surface area contributed by atoms with Crippen molar-refractivity contribution in [2.45, 2.75) is 38.6 Å². The molecule has 0 radical (unpaired) electrons. The highest BCUT2D eigenvalue weighted by molar-refractivity contribution is 5.04. The number of rotatable bonds is 4. The second-order valence-electron chi connectivity index (χ2n) is 5.74. The second kappa shape index (κ2) is 4.73. The molecule has 2 atom stereocenters. The van der Waals surface area contributed by atoms with Crippen LogP contribution < -0.4 is 5.32 Å². The minimum absolute atomic E-state index is 0.348. The highest BCUT2D eigenvalue weighted by Gasteiger charge is 2.48. The van der Waals surface area contributed by atoms with Crippen LogP contribution in [0.1, 0.15) is 33.1 Å². The van der Waals surface area contributed by atoms with Gasteiger partial charge in [0.15, 0.2) is 0 Å². The van der Waals surface area contributed by atoms with E-state index in [2.05, 4.69) is 30.1 Å². The molecular formula is C13H23N3. The molecule has 0 aromatic heterocycles. The van der Waals surface area contributed by atoms with Gasteiger partial charge in [-0.25, -0.2) is 0 Å². The van der Waals surface area contributed by atoms with Crippen molar-refractivity contribution in [1.29, 1.82) is 5.26 Å². The summed E-state index contributed by atoms with van der Waals surface area (Å²) in [6.45, 7) is 9.57. The Morgan fingerprint density at radius 3 is 2.88 bits per heavy atom. The molecule has 2 fully saturated rings. The van der Waals surface area contributed by atoms with Crippen LogP contribution in [0, 0.1) is 23.2 Å². The molecule has 0 amide bonds. The molecule has 0 bridgehead atoms. The van der Waals surface area contributed by atoms with Gasteiger partial charge in [-0.05, 0) is 51.6 Å². The predicted octanol–water partition coefficient (Wildman–Crippen LogP) is 1.61. The van der Waals surface area contributed by atoms with Crippen LogP contribution in [0.15, 0.2) is 0 Å². The average molecular weight is 221 g/mol. The predicted molar refractivity (Wildman–Crippen MR) is 65.0 cm³/mol. The van der Waals surface area contributed by atoms with Crippen molar-refractivity contribution in [2.24, 2.45) is 11.8 Å². The Kier molecular flexibility index (Phi) is 3.51. The molecule has 3 nitrogen and oxygen atoms in total. The number of fused-ring (bicyclic) bond motifs is 1. The summed E-state index contributed by atoms with van der Waals surface area (Å²) in [5.41, 5.74) is 0.348. The first kappa shape index (κ1) is 11.9. The van der Waals surface area contributed by atoms with E-state index in [9.17, 15) is 0 Å². The lowest BCUT2D eigenvalue weighted by molar-refractivity contribution is 0.137. The molecule has 0 spiro atoms. The highest BCUT2D eigenvalue weighted by Crippen LogP contribution is 2.40. The van der Waals surface area contributed by atoms with Gasteiger partial charge in [0, 0.05) is 25.0 Å². The van der Waals surface area contributed by atoms with Crippen molar-refractivity contribution in [2.75, 3.05) is 26.2 Å². The second-order valence-corrected chi connectivity index (χ2v) is 5.74. The standard InChI is InChI=1S/C13H23N3/c1-13(2)12-9-15-8-11(12)10-16(13)7-5-3-4-6-14/h11-12,15H,3-5,7-10H2,1-2H3. The summed E-state index contributed by atoms with van der Waals surface area (Å²) in [5.74, 6) is 1.68. The van der Waals surface area contributed by atoms with E-state index in [0.717, 1.165) is 18.3 Å². The van der Waals surface area contributed by atoms with Gasteiger partial charge in [0.1, 0.15) is 0 Å². The minimum atomic E-state index is 0.348. The van der Waals surface area contributed by atoms with Gasteiger partial charge in [0.2, 0.25) is 0 Å². The van der Waals surface area contributed by atoms with Crippen LogP contribution in [-0.2, 0) is 0 Å². The van der Waals surface area contributed by atoms with E-state index in [0.29, 0.717) is 12.0 Å². The molecule has 2 saturated heterocycles. The van der Waals surface area contributed by atoms with Gasteiger partial charge >= 0.3 is 0 Å². The smallest absolute Gasteiger partial charge is 0.0621 e. The molecule has 16 heavy (non-hydrogen) atoms. The van der Waals surface area contributed by atoms with E-state index >= 15 is 0 Å². The fraction of sp³-hybridized carbons (Fsp3) is 0.923. The summed E-state index contributed by atoms with van der Waals surface area (Å²) in [7, 11) is 0. The third-order valence-corrected chi connectivity index (χ3v) is 4.48. The van der Waals surface area contributed by atoms with Crippen molar-refractivity contribution in [3.63, 3.8) is 0 Å². The molecule has 2 aliphatic heterocycles. The highest BCUT2D eigenvalue weighted by atomic mass is 15.2. The van der Waals surface area contributed by atoms with Gasteiger partial charge < -0.3 is 5.32 Å². The fourth-order valence-electron chi connectivity index (χ4n) is 3.39. The lowest BCUT2D eigenvalue weighted by atomic mass is 9.85. The summed E-state index contributed by atoms with van der Waals surface area (Å²) >= 11 is 0. The zero-order chi connectivity index (χ0) is 11.6. The summed E-state index contributed by atoms with van der Waals surface area (Å²) in [6, 6.07) is 2.23. The molecule has 90 valence electrons. The van der Waals surface area contributed by atoms with Gasteiger partial charge in [-0.1, -0.05) is 0 Å². The van der Waals surface area contributed by atoms with Crippen LogP contribution in [0.25, 0.3) is 0 Å². The number of hydrogen-bond donors (Lipinski definition) is 1. The molecule has 2 unspecified atom stereocenters. The van der Waals surface area contributed by atoms with Crippen molar-refractivity contribution >= 4 is 0 Å². The number of nitriles is 1. The Morgan fingerprint density at radius 1 is 1.38 bits per heavy atom. The van der Waals surface area contributed by atoms with E-state index in [1.165, 1.54) is 32.6 Å². The molecule has 0 aromatic carbocycles. The molecule has 0 aromatic rings. The Balaban J connectivity index is 1.85. The topological polar surface area (TPSA) is 39.1 Å². The largest absolute Gasteiger partial charge is 0.316 e. The lowest BCUT2D eigenvalue weighted by Crippen LogP contribution is -2.44. The van der Waals surface area contributed by atoms with Crippen molar-refractivity contribution in [3.05, 3.63) is 0 Å². The van der Waals surface area contributed by atoms with Crippen LogP contribution in [0.3, 0.4) is 0 Å². The number of unbranched alkanes of at least 4 members (excludes halogenated alkanes) is 2. The van der Waals surface area contributed by atoms with E-state index in [-0.39, 0.29) is 0 Å². The quantitative estimate of drug-likeness (QED) is 0.733. The SMILES string of the molecule is CC1(C)C2CNCC2CN1CCCCC#N. The molecule has 0 saturated carbocycles. The van der Waals surface area contributed by atoms with Crippen molar-refractivity contribution in [3.8, 4) is 6.07 Å². The minimum Gasteiger partial charge on any atom is -0.316 e. The Hall–Kier alpha value is -0.590. The van der Waals surface area contributed by atoms with Crippen LogP contribution in [0.2, 0.25) is 0 Å². The number of nitrogens with one attached hydrogen (secondary N) is 1. The molecule has 2 aliphatic rings. The maximum atomic E-state index is 8.52. The van der Waals surface area contributed by atoms with E-state index in [4.69, 9.17) is 5.26 Å². The molecule has 2 heterocycles. The molecular weight excluding hydrogens is 198 g/mol. The fourth-order valence-corrected chi connectivity index (χ4v) is 3.39. The summed E-state index contributed by atoms with van der Waals surface area (Å²) in [4.78, 5) is 2.64. The van der Waals surface area contributed by atoms with Crippen LogP contribution in [0.4, 0.5) is 0 Å². The first-order valence-corrected chi connectivity index (χ1v) is 6.49. The zero-order valence-corrected chi connectivity index (χ0v) is 10.5. The van der Waals surface area contributed by atoms with Gasteiger partial charge in [-0.3, -0.25) is 4.90 Å². The Labute approximate surface area is 98.8 Å². The third-order valence-electron chi connectivity index (χ3n) is 4.48. The summed E-state index contributed by atoms with van der Waals surface area (Å²) < 4.78 is 0. The molecule has 3 heteroatoms. The van der Waals surface area contributed by atoms with Crippen LogP contribution in [0.5, 0.6) is 0 Å². The van der Waals surface area contributed by atoms with E-state index in [1.807, 2.05) is 0 Å². The summed E-state index contributed by atoms with van der Waals surface area (Å²) in [6.07, 6.45) is 2.93. The van der Waals surface area contributed by atoms with Gasteiger partial charge in [0.05, 0.1) is 6.07 Å². The van der Waals surface area contributed by atoms with E-state index in [1.54, 1.807) is 0 Å². The Bertz CT molecular complexity index is 279. The lowest BCUT2D eigenvalue weighted by Gasteiger charge is -2.35.